The van der Waals surface area contributed by atoms with Crippen LogP contribution in [0.1, 0.15) is 0 Å². The van der Waals surface area contributed by atoms with Gasteiger partial charge in [-0.2, -0.15) is 0 Å². The Morgan fingerprint density at radius 2 is 1.40 bits per heavy atom. The van der Waals surface area contributed by atoms with Crippen molar-refractivity contribution < 1.29 is 33.8 Å². The van der Waals surface area contributed by atoms with E-state index in [1.807, 2.05) is 0 Å². The first kappa shape index (κ1) is 9.24. The van der Waals surface area contributed by atoms with E-state index in [4.69, 9.17) is 14.4 Å². The molecule has 0 bridgehead atoms. The zero-order valence-corrected chi connectivity index (χ0v) is 4.77. The predicted molar refractivity (Wildman–Crippen MR) is 13.4 cm³/mol. The molecule has 0 aromatic heterocycles. The van der Waals surface area contributed by atoms with E-state index in [1.165, 1.54) is 0 Å². The minimum absolute atomic E-state index is 0. The first-order valence-corrected chi connectivity index (χ1v) is 1.95. The van der Waals surface area contributed by atoms with Gasteiger partial charge in [-0.15, -0.1) is 0 Å². The van der Waals surface area contributed by atoms with Crippen molar-refractivity contribution in [1.82, 2.24) is 0 Å². The molecule has 0 aliphatic rings. The minimum atomic E-state index is -3.13. The van der Waals surface area contributed by atoms with Gasteiger partial charge in [0.2, 0.25) is 0 Å². The molecule has 1 radical (unpaired) electrons. The van der Waals surface area contributed by atoms with Crippen LogP contribution >= 0.6 is 8.25 Å². The summed E-state index contributed by atoms with van der Waals surface area (Å²) >= 11 is 0. The Kier molecular flexibility index (Phi) is 8.82. The van der Waals surface area contributed by atoms with Crippen molar-refractivity contribution in [3.8, 4) is 0 Å². The van der Waals surface area contributed by atoms with Crippen molar-refractivity contribution in [2.45, 2.75) is 0 Å². The van der Waals surface area contributed by atoms with Crippen LogP contribution in [0.5, 0.6) is 0 Å². The average Bonchev–Trinajstić information content (AvgIpc) is 0.811. The molecule has 35 valence electrons. The third-order valence-corrected chi connectivity index (χ3v) is 0. The third-order valence-electron chi connectivity index (χ3n) is 0. The fourth-order valence-electron chi connectivity index (χ4n) is 0. The van der Waals surface area contributed by atoms with E-state index in [-0.39, 0.29) is 19.5 Å². The van der Waals surface area contributed by atoms with Crippen LogP contribution in [0.3, 0.4) is 0 Å². The molecular weight excluding hydrogens is 182 g/mol. The molecule has 0 spiro atoms. The largest absolute Gasteiger partial charge is 0.326 e. The van der Waals surface area contributed by atoms with E-state index in [1.54, 1.807) is 0 Å². The normalized spacial score (nSPS) is 7.00. The van der Waals surface area contributed by atoms with Gasteiger partial charge in [-0.25, -0.2) is 0 Å². The van der Waals surface area contributed by atoms with Crippen molar-refractivity contribution in [2.75, 3.05) is 0 Å². The van der Waals surface area contributed by atoms with Crippen LogP contribution in [0.4, 0.5) is 0 Å². The molecule has 0 aliphatic carbocycles. The third kappa shape index (κ3) is 61.4. The van der Waals surface area contributed by atoms with E-state index < -0.39 is 8.25 Å². The molecule has 0 rings (SSSR count). The summed E-state index contributed by atoms with van der Waals surface area (Å²) in [6, 6.07) is 0. The van der Waals surface area contributed by atoms with Gasteiger partial charge in [0.1, 0.15) is 0 Å². The molecule has 0 aromatic carbocycles. The molecule has 5 heavy (non-hydrogen) atoms. The van der Waals surface area contributed by atoms with Gasteiger partial charge in [0, 0.05) is 19.5 Å². The first-order valence-electron chi connectivity index (χ1n) is 0.651. The molecule has 0 saturated carbocycles. The second kappa shape index (κ2) is 4.77. The van der Waals surface area contributed by atoms with E-state index in [0.717, 1.165) is 0 Å². The summed E-state index contributed by atoms with van der Waals surface area (Å²) in [4.78, 5) is 14.3. The quantitative estimate of drug-likeness (QED) is 0.389. The van der Waals surface area contributed by atoms with E-state index in [0.29, 0.717) is 0 Å². The van der Waals surface area contributed by atoms with Crippen molar-refractivity contribution in [2.24, 2.45) is 0 Å². The molecule has 0 saturated heterocycles. The van der Waals surface area contributed by atoms with Gasteiger partial charge in [-0.1, -0.05) is 0 Å². The molecule has 0 fully saturated rings. The Balaban J connectivity index is 0. The van der Waals surface area contributed by atoms with Crippen molar-refractivity contribution >= 4 is 8.25 Å². The Labute approximate surface area is 42.7 Å². The molecule has 0 aromatic rings. The molecule has 0 unspecified atom stereocenters. The van der Waals surface area contributed by atoms with Crippen LogP contribution in [0, 0.1) is 0 Å². The van der Waals surface area contributed by atoms with Crippen LogP contribution < -0.4 is 0 Å². The van der Waals surface area contributed by atoms with Gasteiger partial charge >= 0.3 is 8.25 Å². The van der Waals surface area contributed by atoms with Crippen LogP contribution in [-0.2, 0) is 24.0 Å². The molecule has 0 aliphatic heterocycles. The maximum absolute atomic E-state index is 8.74. The zero-order chi connectivity index (χ0) is 3.58. The molecule has 0 atom stereocenters. The van der Waals surface area contributed by atoms with Gasteiger partial charge in [0.25, 0.3) is 0 Å². The second-order valence-corrected chi connectivity index (χ2v) is 0.848. The summed E-state index contributed by atoms with van der Waals surface area (Å²) in [7, 11) is -3.13. The predicted octanol–water partition coefficient (Wildman–Crippen LogP) is -0.642. The summed E-state index contributed by atoms with van der Waals surface area (Å²) in [6.07, 6.45) is 0. The van der Waals surface area contributed by atoms with Crippen molar-refractivity contribution in [3.05, 3.63) is 0 Å². The Hall–Kier alpha value is 0.773. The van der Waals surface area contributed by atoms with Gasteiger partial charge in [0.15, 0.2) is 0 Å². The van der Waals surface area contributed by atoms with Crippen LogP contribution in [0.2, 0.25) is 0 Å². The monoisotopic (exact) mass is 185 g/mol. The molecule has 2 N–H and O–H groups in total. The van der Waals surface area contributed by atoms with Gasteiger partial charge in [0.05, 0.1) is 0 Å². The van der Waals surface area contributed by atoms with E-state index >= 15 is 0 Å². The summed E-state index contributed by atoms with van der Waals surface area (Å²) < 4.78 is 8.74. The van der Waals surface area contributed by atoms with Gasteiger partial charge < -0.3 is 9.79 Å². The Morgan fingerprint density at radius 3 is 1.40 bits per heavy atom. The van der Waals surface area contributed by atoms with Crippen LogP contribution in [0.25, 0.3) is 0 Å². The van der Waals surface area contributed by atoms with Crippen molar-refractivity contribution in [3.63, 3.8) is 0 Å². The van der Waals surface area contributed by atoms with Gasteiger partial charge in [-0.3, -0.25) is 4.57 Å². The van der Waals surface area contributed by atoms with Gasteiger partial charge in [-0.05, 0) is 0 Å². The summed E-state index contributed by atoms with van der Waals surface area (Å²) in [5.74, 6) is 0. The standard InChI is InChI=1S/H3O3P.Rh/c1-4(2)3;/h4H,(H2,1,2,3);. The summed E-state index contributed by atoms with van der Waals surface area (Å²) in [5, 5.41) is 0. The number of hydrogen-bond donors (Lipinski definition) is 2. The molecule has 0 amide bonds. The molecule has 3 nitrogen and oxygen atoms in total. The second-order valence-electron chi connectivity index (χ2n) is 0.283. The van der Waals surface area contributed by atoms with E-state index in [2.05, 4.69) is 0 Å². The molecular formula is H3O3PRh. The molecule has 5 heteroatoms. The zero-order valence-electron chi connectivity index (χ0n) is 2.14. The maximum Gasteiger partial charge on any atom is 0.314 e. The fraction of sp³-hybridized carbons (Fsp3) is 0. The topological polar surface area (TPSA) is 57.5 Å². The smallest absolute Gasteiger partial charge is 0.314 e. The number of rotatable bonds is 0. The summed E-state index contributed by atoms with van der Waals surface area (Å²) in [6.45, 7) is 0. The Bertz CT molecular complexity index is 29.9. The van der Waals surface area contributed by atoms with Crippen LogP contribution in [0.15, 0.2) is 0 Å². The summed E-state index contributed by atoms with van der Waals surface area (Å²) in [5.41, 5.74) is 0. The maximum atomic E-state index is 8.74. The van der Waals surface area contributed by atoms with Crippen molar-refractivity contribution in [1.29, 1.82) is 0 Å². The fourth-order valence-corrected chi connectivity index (χ4v) is 0. The van der Waals surface area contributed by atoms with Crippen LogP contribution in [-0.4, -0.2) is 9.79 Å². The average molecular weight is 185 g/mol. The minimum Gasteiger partial charge on any atom is -0.326 e. The SMILES string of the molecule is O=[PH](O)O.[Rh]. The number of hydrogen-bond acceptors (Lipinski definition) is 1. The Morgan fingerprint density at radius 1 is 1.40 bits per heavy atom. The van der Waals surface area contributed by atoms with E-state index in [9.17, 15) is 0 Å². The first-order chi connectivity index (χ1) is 1.73. The molecule has 0 heterocycles.